The van der Waals surface area contributed by atoms with Gasteiger partial charge in [0.2, 0.25) is 5.95 Å². The van der Waals surface area contributed by atoms with Gasteiger partial charge in [-0.25, -0.2) is 4.79 Å². The smallest absolute Gasteiger partial charge is 0.332 e. The number of β-amino-alcohol motifs (C(OH)–C–C–N with tert-alkyl or cyclic N) is 3. The molecular weight excluding hydrogens is 456 g/mol. The average molecular weight is 495 g/mol. The maximum atomic E-state index is 13.4. The number of aromatic nitrogens is 4. The van der Waals surface area contributed by atoms with Crippen molar-refractivity contribution in [3.8, 4) is 0 Å². The summed E-state index contributed by atoms with van der Waals surface area (Å²) >= 11 is 0. The number of aryl methyl sites for hydroxylation is 2. The third kappa shape index (κ3) is 5.44. The van der Waals surface area contributed by atoms with E-state index in [0.29, 0.717) is 49.8 Å². The minimum Gasteiger partial charge on any atom is -0.395 e. The van der Waals surface area contributed by atoms with Crippen LogP contribution >= 0.6 is 0 Å². The Kier molecular flexibility index (Phi) is 8.24. The fourth-order valence-electron chi connectivity index (χ4n) is 5.09. The monoisotopic (exact) mass is 494 g/mol. The van der Waals surface area contributed by atoms with E-state index >= 15 is 0 Å². The van der Waals surface area contributed by atoms with Gasteiger partial charge in [0.25, 0.3) is 5.56 Å². The van der Waals surface area contributed by atoms with Crippen molar-refractivity contribution in [3.05, 3.63) is 20.8 Å². The van der Waals surface area contributed by atoms with Crippen LogP contribution in [-0.2, 0) is 20.6 Å². The highest BCUT2D eigenvalue weighted by atomic mass is 16.3. The Morgan fingerprint density at radius 1 is 0.800 bits per heavy atom. The van der Waals surface area contributed by atoms with Crippen molar-refractivity contribution in [2.75, 3.05) is 90.1 Å². The molecule has 4 rings (SSSR count). The van der Waals surface area contributed by atoms with E-state index < -0.39 is 17.4 Å². The van der Waals surface area contributed by atoms with Gasteiger partial charge >= 0.3 is 5.69 Å². The number of anilines is 1. The van der Waals surface area contributed by atoms with Crippen LogP contribution in [0.3, 0.4) is 0 Å². The highest BCUT2D eigenvalue weighted by molar-refractivity contribution is 5.74. The summed E-state index contributed by atoms with van der Waals surface area (Å²) in [6, 6.07) is 0. The van der Waals surface area contributed by atoms with Crippen LogP contribution < -0.4 is 16.1 Å². The maximum absolute atomic E-state index is 13.4. The van der Waals surface area contributed by atoms with Crippen LogP contribution in [0.4, 0.5) is 5.95 Å². The molecule has 2 aliphatic heterocycles. The lowest BCUT2D eigenvalue weighted by Crippen LogP contribution is -2.50. The normalized spacial score (nSPS) is 19.6. The van der Waals surface area contributed by atoms with E-state index in [-0.39, 0.29) is 19.8 Å². The molecule has 2 fully saturated rings. The maximum Gasteiger partial charge on any atom is 0.332 e. The summed E-state index contributed by atoms with van der Waals surface area (Å²) in [5.41, 5.74) is -0.271. The molecule has 0 spiro atoms. The van der Waals surface area contributed by atoms with E-state index in [9.17, 15) is 14.7 Å². The van der Waals surface area contributed by atoms with E-state index in [2.05, 4.69) is 24.6 Å². The number of fused-ring (bicyclic) bond motifs is 1. The molecule has 0 aliphatic carbocycles. The Morgan fingerprint density at radius 3 is 1.91 bits per heavy atom. The Labute approximate surface area is 204 Å². The van der Waals surface area contributed by atoms with Crippen molar-refractivity contribution in [1.82, 2.24) is 33.4 Å². The number of nitrogens with zero attached hydrogens (tertiary/aromatic N) is 8. The number of aliphatic hydroxyl groups excluding tert-OH is 3. The molecule has 0 radical (unpaired) electrons. The molecule has 0 unspecified atom stereocenters. The van der Waals surface area contributed by atoms with E-state index in [0.717, 1.165) is 43.8 Å². The first-order chi connectivity index (χ1) is 16.8. The number of piperazine rings is 2. The minimum atomic E-state index is -0.866. The van der Waals surface area contributed by atoms with E-state index in [1.807, 2.05) is 0 Å². The van der Waals surface area contributed by atoms with Gasteiger partial charge in [-0.2, -0.15) is 4.98 Å². The van der Waals surface area contributed by atoms with Crippen LogP contribution in [0.15, 0.2) is 9.59 Å². The van der Waals surface area contributed by atoms with E-state index in [1.165, 1.54) is 4.57 Å². The third-order valence-corrected chi connectivity index (χ3v) is 7.15. The number of imidazole rings is 1. The molecule has 0 bridgehead atoms. The molecule has 3 N–H and O–H groups in total. The highest BCUT2D eigenvalue weighted by Gasteiger charge is 2.26. The Bertz CT molecular complexity index is 1110. The fourth-order valence-corrected chi connectivity index (χ4v) is 5.09. The minimum absolute atomic E-state index is 0.0847. The lowest BCUT2D eigenvalue weighted by Gasteiger charge is -2.35. The number of hydrogen-bond donors (Lipinski definition) is 3. The van der Waals surface area contributed by atoms with Crippen molar-refractivity contribution in [3.63, 3.8) is 0 Å². The standard InChI is InChI=1S/C22H38N8O5/c1-24-18-19(23-21(24)29-9-7-27(8-10-29)12-14-32)25(2)22(35)30(20(18)34)16-17(33)15-28-5-3-26(4-6-28)11-13-31/h17,31-33H,3-16H2,1-2H3/t17-/m0/s1. The molecule has 13 heteroatoms. The van der Waals surface area contributed by atoms with Gasteiger partial charge in [0.05, 0.1) is 25.9 Å². The molecule has 0 aromatic carbocycles. The second-order valence-corrected chi connectivity index (χ2v) is 9.47. The Hall–Kier alpha value is -2.29. The molecule has 35 heavy (non-hydrogen) atoms. The third-order valence-electron chi connectivity index (χ3n) is 7.15. The molecule has 196 valence electrons. The van der Waals surface area contributed by atoms with Crippen molar-refractivity contribution in [2.24, 2.45) is 14.1 Å². The summed E-state index contributed by atoms with van der Waals surface area (Å²) in [6.45, 7) is 7.97. The van der Waals surface area contributed by atoms with Crippen LogP contribution in [-0.4, -0.2) is 140 Å². The van der Waals surface area contributed by atoms with Gasteiger partial charge in [-0.1, -0.05) is 0 Å². The zero-order valence-electron chi connectivity index (χ0n) is 20.7. The van der Waals surface area contributed by atoms with Crippen LogP contribution in [0.5, 0.6) is 0 Å². The van der Waals surface area contributed by atoms with Gasteiger partial charge < -0.3 is 24.8 Å². The van der Waals surface area contributed by atoms with Gasteiger partial charge in [0.15, 0.2) is 11.2 Å². The van der Waals surface area contributed by atoms with E-state index in [1.54, 1.807) is 18.7 Å². The lowest BCUT2D eigenvalue weighted by atomic mass is 10.2. The zero-order valence-corrected chi connectivity index (χ0v) is 20.7. The molecule has 4 heterocycles. The first kappa shape index (κ1) is 25.8. The van der Waals surface area contributed by atoms with Crippen LogP contribution in [0.2, 0.25) is 0 Å². The molecule has 2 aromatic rings. The lowest BCUT2D eigenvalue weighted by molar-refractivity contribution is 0.0580. The van der Waals surface area contributed by atoms with Crippen molar-refractivity contribution in [1.29, 1.82) is 0 Å². The summed E-state index contributed by atoms with van der Waals surface area (Å²) in [5, 5.41) is 29.0. The molecule has 2 saturated heterocycles. The predicted octanol–water partition coefficient (Wildman–Crippen LogP) is -3.48. The second-order valence-electron chi connectivity index (χ2n) is 9.47. The summed E-state index contributed by atoms with van der Waals surface area (Å²) in [4.78, 5) is 39.6. The summed E-state index contributed by atoms with van der Waals surface area (Å²) in [7, 11) is 3.38. The van der Waals surface area contributed by atoms with Gasteiger partial charge in [0, 0.05) is 86.1 Å². The highest BCUT2D eigenvalue weighted by Crippen LogP contribution is 2.19. The first-order valence-corrected chi connectivity index (χ1v) is 12.3. The molecule has 0 amide bonds. The predicted molar refractivity (Wildman–Crippen MR) is 132 cm³/mol. The molecule has 1 atom stereocenters. The quantitative estimate of drug-likeness (QED) is 0.322. The molecule has 2 aromatic heterocycles. The van der Waals surface area contributed by atoms with Crippen molar-refractivity contribution in [2.45, 2.75) is 12.6 Å². The Morgan fingerprint density at radius 2 is 1.34 bits per heavy atom. The first-order valence-electron chi connectivity index (χ1n) is 12.3. The fraction of sp³-hybridized carbons (Fsp3) is 0.773. The SMILES string of the molecule is Cn1c(N2CCN(CCO)CC2)nc2c1c(=O)n(C[C@@H](O)CN1CCN(CCO)CC1)c(=O)n2C. The number of aliphatic hydroxyl groups is 3. The summed E-state index contributed by atoms with van der Waals surface area (Å²) in [5.74, 6) is 0.634. The molecular formula is C22H38N8O5. The molecule has 0 saturated carbocycles. The molecule has 2 aliphatic rings. The largest absolute Gasteiger partial charge is 0.395 e. The van der Waals surface area contributed by atoms with Crippen LogP contribution in [0.1, 0.15) is 0 Å². The number of rotatable bonds is 9. The zero-order chi connectivity index (χ0) is 25.1. The second kappa shape index (κ2) is 11.2. The number of hydrogen-bond acceptors (Lipinski definition) is 10. The van der Waals surface area contributed by atoms with Crippen molar-refractivity contribution < 1.29 is 15.3 Å². The van der Waals surface area contributed by atoms with Gasteiger partial charge in [0.1, 0.15) is 0 Å². The molecule has 13 nitrogen and oxygen atoms in total. The topological polar surface area (TPSA) is 135 Å². The Balaban J connectivity index is 1.51. The van der Waals surface area contributed by atoms with Gasteiger partial charge in [-0.3, -0.25) is 28.6 Å². The van der Waals surface area contributed by atoms with Gasteiger partial charge in [-0.15, -0.1) is 0 Å². The van der Waals surface area contributed by atoms with E-state index in [4.69, 9.17) is 10.2 Å². The van der Waals surface area contributed by atoms with Crippen molar-refractivity contribution >= 4 is 17.1 Å². The summed E-state index contributed by atoms with van der Waals surface area (Å²) < 4.78 is 4.23. The van der Waals surface area contributed by atoms with Gasteiger partial charge in [-0.05, 0) is 0 Å². The average Bonchev–Trinajstić information content (AvgIpc) is 3.20. The van der Waals surface area contributed by atoms with Crippen LogP contribution in [0.25, 0.3) is 11.2 Å². The van der Waals surface area contributed by atoms with Crippen LogP contribution in [0, 0.1) is 0 Å². The summed E-state index contributed by atoms with van der Waals surface area (Å²) in [6.07, 6.45) is -0.866.